The molecule has 1 N–H and O–H groups in total. The fraction of sp³-hybridized carbons (Fsp3) is 0.133. The fourth-order valence-electron chi connectivity index (χ4n) is 1.71. The van der Waals surface area contributed by atoms with Crippen LogP contribution in [-0.4, -0.2) is 10.9 Å². The Hall–Kier alpha value is -2.09. The van der Waals surface area contributed by atoms with E-state index in [1.54, 1.807) is 6.92 Å². The Morgan fingerprint density at radius 2 is 1.35 bits per heavy atom. The van der Waals surface area contributed by atoms with E-state index in [-0.39, 0.29) is 0 Å². The highest BCUT2D eigenvalue weighted by Gasteiger charge is 2.00. The van der Waals surface area contributed by atoms with Gasteiger partial charge < -0.3 is 5.21 Å². The number of rotatable bonds is 2. The lowest BCUT2D eigenvalue weighted by atomic mass is 10.0. The van der Waals surface area contributed by atoms with Gasteiger partial charge in [-0.25, -0.2) is 0 Å². The summed E-state index contributed by atoms with van der Waals surface area (Å²) in [5, 5.41) is 11.9. The molecule has 0 saturated carbocycles. The quantitative estimate of drug-likeness (QED) is 0.470. The number of nitrogens with zero attached hydrogens (tertiary/aromatic N) is 1. The van der Waals surface area contributed by atoms with Gasteiger partial charge in [-0.1, -0.05) is 59.3 Å². The minimum atomic E-state index is 0.625. The van der Waals surface area contributed by atoms with E-state index in [0.29, 0.717) is 5.71 Å². The maximum Gasteiger partial charge on any atom is 0.0836 e. The summed E-state index contributed by atoms with van der Waals surface area (Å²) >= 11 is 0. The molecular formula is C15H15NO. The number of aryl methyl sites for hydroxylation is 1. The van der Waals surface area contributed by atoms with E-state index >= 15 is 0 Å². The molecule has 17 heavy (non-hydrogen) atoms. The third kappa shape index (κ3) is 2.53. The minimum Gasteiger partial charge on any atom is -0.411 e. The zero-order valence-corrected chi connectivity index (χ0v) is 10.0. The molecule has 0 saturated heterocycles. The minimum absolute atomic E-state index is 0.625. The van der Waals surface area contributed by atoms with E-state index in [1.165, 1.54) is 16.7 Å². The molecular weight excluding hydrogens is 210 g/mol. The van der Waals surface area contributed by atoms with Gasteiger partial charge in [0.05, 0.1) is 5.71 Å². The Labute approximate surface area is 101 Å². The van der Waals surface area contributed by atoms with E-state index in [0.717, 1.165) is 5.56 Å². The Kier molecular flexibility index (Phi) is 3.24. The van der Waals surface area contributed by atoms with Crippen molar-refractivity contribution < 1.29 is 5.21 Å². The van der Waals surface area contributed by atoms with Crippen LogP contribution in [0.1, 0.15) is 18.1 Å². The highest BCUT2D eigenvalue weighted by atomic mass is 16.4. The van der Waals surface area contributed by atoms with Crippen LogP contribution in [-0.2, 0) is 0 Å². The molecule has 2 aromatic carbocycles. The molecule has 0 aliphatic carbocycles. The van der Waals surface area contributed by atoms with Crippen LogP contribution in [0, 0.1) is 6.92 Å². The van der Waals surface area contributed by atoms with Crippen LogP contribution >= 0.6 is 0 Å². The first-order valence-corrected chi connectivity index (χ1v) is 5.57. The van der Waals surface area contributed by atoms with Gasteiger partial charge in [0.15, 0.2) is 0 Å². The first kappa shape index (κ1) is 11.4. The predicted octanol–water partition coefficient (Wildman–Crippen LogP) is 3.86. The summed E-state index contributed by atoms with van der Waals surface area (Å²) in [6.07, 6.45) is 0. The van der Waals surface area contributed by atoms with Gasteiger partial charge in [-0.05, 0) is 30.5 Å². The van der Waals surface area contributed by atoms with Crippen LogP contribution in [0.4, 0.5) is 0 Å². The molecule has 0 atom stereocenters. The van der Waals surface area contributed by atoms with E-state index in [4.69, 9.17) is 5.21 Å². The third-order valence-electron chi connectivity index (χ3n) is 2.84. The first-order valence-electron chi connectivity index (χ1n) is 5.57. The van der Waals surface area contributed by atoms with Gasteiger partial charge in [-0.15, -0.1) is 0 Å². The number of hydrogen-bond donors (Lipinski definition) is 1. The Balaban J connectivity index is 2.32. The van der Waals surface area contributed by atoms with Gasteiger partial charge in [-0.3, -0.25) is 0 Å². The summed E-state index contributed by atoms with van der Waals surface area (Å²) in [4.78, 5) is 0. The maximum absolute atomic E-state index is 8.69. The maximum atomic E-state index is 8.69. The van der Waals surface area contributed by atoms with Crippen molar-refractivity contribution in [2.24, 2.45) is 5.16 Å². The second kappa shape index (κ2) is 4.83. The predicted molar refractivity (Wildman–Crippen MR) is 70.6 cm³/mol. The van der Waals surface area contributed by atoms with E-state index < -0.39 is 0 Å². The topological polar surface area (TPSA) is 32.6 Å². The third-order valence-corrected chi connectivity index (χ3v) is 2.84. The Bertz CT molecular complexity index is 524. The van der Waals surface area contributed by atoms with Crippen molar-refractivity contribution in [1.82, 2.24) is 0 Å². The van der Waals surface area contributed by atoms with Crippen molar-refractivity contribution in [2.45, 2.75) is 13.8 Å². The Morgan fingerprint density at radius 3 is 1.82 bits per heavy atom. The van der Waals surface area contributed by atoms with Crippen molar-refractivity contribution in [3.8, 4) is 11.1 Å². The van der Waals surface area contributed by atoms with Gasteiger partial charge in [0.2, 0.25) is 0 Å². The van der Waals surface area contributed by atoms with Gasteiger partial charge in [-0.2, -0.15) is 0 Å². The molecule has 0 radical (unpaired) electrons. The highest BCUT2D eigenvalue weighted by Crippen LogP contribution is 2.20. The van der Waals surface area contributed by atoms with Crippen molar-refractivity contribution in [2.75, 3.05) is 0 Å². The van der Waals surface area contributed by atoms with Crippen LogP contribution in [0.2, 0.25) is 0 Å². The molecule has 0 unspecified atom stereocenters. The van der Waals surface area contributed by atoms with Gasteiger partial charge in [0.1, 0.15) is 0 Å². The zero-order valence-electron chi connectivity index (χ0n) is 10.0. The lowest BCUT2D eigenvalue weighted by Crippen LogP contribution is -1.93. The molecule has 0 aliphatic rings. The molecule has 0 spiro atoms. The lowest BCUT2D eigenvalue weighted by Gasteiger charge is -2.04. The van der Waals surface area contributed by atoms with Crippen LogP contribution in [0.15, 0.2) is 53.7 Å². The molecule has 0 aromatic heterocycles. The second-order valence-corrected chi connectivity index (χ2v) is 4.13. The fourth-order valence-corrected chi connectivity index (χ4v) is 1.71. The Morgan fingerprint density at radius 1 is 0.882 bits per heavy atom. The standard InChI is InChI=1S/C15H15NO/c1-11-3-5-14(6-4-11)15-9-7-13(8-10-15)12(2)16-17/h3-10,17H,1-2H3/b16-12-. The molecule has 0 bridgehead atoms. The summed E-state index contributed by atoms with van der Waals surface area (Å²) < 4.78 is 0. The average molecular weight is 225 g/mol. The smallest absolute Gasteiger partial charge is 0.0836 e. The van der Waals surface area contributed by atoms with Crippen LogP contribution in [0.3, 0.4) is 0 Å². The van der Waals surface area contributed by atoms with Crippen molar-refractivity contribution in [1.29, 1.82) is 0 Å². The highest BCUT2D eigenvalue weighted by molar-refractivity contribution is 5.98. The van der Waals surface area contributed by atoms with Gasteiger partial charge >= 0.3 is 0 Å². The normalized spacial score (nSPS) is 11.5. The largest absolute Gasteiger partial charge is 0.411 e. The summed E-state index contributed by atoms with van der Waals surface area (Å²) in [6.45, 7) is 3.86. The van der Waals surface area contributed by atoms with Crippen molar-refractivity contribution in [3.05, 3.63) is 59.7 Å². The van der Waals surface area contributed by atoms with Crippen molar-refractivity contribution >= 4 is 5.71 Å². The van der Waals surface area contributed by atoms with Crippen LogP contribution in [0.5, 0.6) is 0 Å². The summed E-state index contributed by atoms with van der Waals surface area (Å²) in [6, 6.07) is 16.4. The molecule has 2 nitrogen and oxygen atoms in total. The van der Waals surface area contributed by atoms with Gasteiger partial charge in [0, 0.05) is 0 Å². The molecule has 2 rings (SSSR count). The molecule has 0 heterocycles. The van der Waals surface area contributed by atoms with Crippen LogP contribution in [0.25, 0.3) is 11.1 Å². The molecule has 0 amide bonds. The number of oxime groups is 1. The lowest BCUT2D eigenvalue weighted by molar-refractivity contribution is 0.319. The van der Waals surface area contributed by atoms with Crippen LogP contribution < -0.4 is 0 Å². The summed E-state index contributed by atoms with van der Waals surface area (Å²) in [5.74, 6) is 0. The summed E-state index contributed by atoms with van der Waals surface area (Å²) in [5.41, 5.74) is 5.18. The average Bonchev–Trinajstić information content (AvgIpc) is 2.39. The monoisotopic (exact) mass is 225 g/mol. The van der Waals surface area contributed by atoms with Gasteiger partial charge in [0.25, 0.3) is 0 Å². The number of hydrogen-bond acceptors (Lipinski definition) is 2. The summed E-state index contributed by atoms with van der Waals surface area (Å²) in [7, 11) is 0. The molecule has 0 aliphatic heterocycles. The SMILES string of the molecule is C/C(=N/O)c1ccc(-c2ccc(C)cc2)cc1. The molecule has 2 aromatic rings. The number of benzene rings is 2. The zero-order chi connectivity index (χ0) is 12.3. The van der Waals surface area contributed by atoms with E-state index in [2.05, 4.69) is 36.3 Å². The second-order valence-electron chi connectivity index (χ2n) is 4.13. The molecule has 0 fully saturated rings. The van der Waals surface area contributed by atoms with Crippen molar-refractivity contribution in [3.63, 3.8) is 0 Å². The van der Waals surface area contributed by atoms with E-state index in [9.17, 15) is 0 Å². The first-order chi connectivity index (χ1) is 8.20. The molecule has 2 heteroatoms. The van der Waals surface area contributed by atoms with E-state index in [1.807, 2.05) is 24.3 Å². The molecule has 86 valence electrons.